The Morgan fingerprint density at radius 1 is 1.11 bits per heavy atom. The second-order valence-corrected chi connectivity index (χ2v) is 5.74. The molecular formula is C16H20ClF3IN7. The number of guanidine groups is 1. The molecule has 2 rings (SSSR count). The molecule has 2 heterocycles. The Kier molecular flexibility index (Phi) is 10.2. The van der Waals surface area contributed by atoms with Gasteiger partial charge in [0.05, 0.1) is 0 Å². The second kappa shape index (κ2) is 11.8. The Balaban J connectivity index is 0.00000392. The number of anilines is 1. The predicted molar refractivity (Wildman–Crippen MR) is 113 cm³/mol. The van der Waals surface area contributed by atoms with Crippen LogP contribution in [0, 0.1) is 0 Å². The van der Waals surface area contributed by atoms with E-state index < -0.39 is 11.9 Å². The SMILES string of the molecule is CN=C(NCCNc1nccc(C(F)(F)F)n1)NCCc1ccc(Cl)nc1.I. The molecule has 0 spiro atoms. The highest BCUT2D eigenvalue weighted by atomic mass is 127. The van der Waals surface area contributed by atoms with E-state index in [1.165, 1.54) is 0 Å². The maximum atomic E-state index is 12.6. The van der Waals surface area contributed by atoms with Crippen LogP contribution in [0.2, 0.25) is 5.15 Å². The lowest BCUT2D eigenvalue weighted by atomic mass is 10.2. The molecule has 0 radical (unpaired) electrons. The standard InChI is InChI=1S/C16H19ClF3N7.HI/c1-21-14(22-6-4-11-2-3-13(17)26-10-11)24-8-9-25-15-23-7-5-12(27-15)16(18,19)20;/h2-3,5,7,10H,4,6,8-9H2,1H3,(H2,21,22,24)(H,23,25,27);1H. The molecule has 0 amide bonds. The summed E-state index contributed by atoms with van der Waals surface area (Å²) in [7, 11) is 1.63. The van der Waals surface area contributed by atoms with Crippen LogP contribution in [0.15, 0.2) is 35.6 Å². The van der Waals surface area contributed by atoms with Crippen molar-refractivity contribution >= 4 is 47.5 Å². The quantitative estimate of drug-likeness (QED) is 0.168. The molecule has 2 aromatic heterocycles. The van der Waals surface area contributed by atoms with E-state index in [9.17, 15) is 13.2 Å². The zero-order valence-electron chi connectivity index (χ0n) is 14.9. The van der Waals surface area contributed by atoms with Crippen molar-refractivity contribution in [2.75, 3.05) is 32.0 Å². The molecular weight excluding hydrogens is 510 g/mol. The van der Waals surface area contributed by atoms with Crippen molar-refractivity contribution in [3.63, 3.8) is 0 Å². The van der Waals surface area contributed by atoms with Crippen LogP contribution in [-0.2, 0) is 12.6 Å². The number of hydrogen-bond acceptors (Lipinski definition) is 5. The summed E-state index contributed by atoms with van der Waals surface area (Å²) in [6.07, 6.45) is -0.985. The number of halogens is 5. The Morgan fingerprint density at radius 2 is 1.86 bits per heavy atom. The molecule has 0 aliphatic rings. The fraction of sp³-hybridized carbons (Fsp3) is 0.375. The maximum absolute atomic E-state index is 12.6. The number of alkyl halides is 3. The summed E-state index contributed by atoms with van der Waals surface area (Å²) in [5, 5.41) is 9.35. The van der Waals surface area contributed by atoms with E-state index in [-0.39, 0.29) is 29.9 Å². The first-order chi connectivity index (χ1) is 12.9. The highest BCUT2D eigenvalue weighted by Gasteiger charge is 2.32. The van der Waals surface area contributed by atoms with Gasteiger partial charge in [0.15, 0.2) is 5.96 Å². The average molecular weight is 530 g/mol. The topological polar surface area (TPSA) is 87.1 Å². The van der Waals surface area contributed by atoms with Gasteiger partial charge >= 0.3 is 6.18 Å². The molecule has 2 aromatic rings. The van der Waals surface area contributed by atoms with Crippen molar-refractivity contribution in [1.29, 1.82) is 0 Å². The van der Waals surface area contributed by atoms with E-state index >= 15 is 0 Å². The van der Waals surface area contributed by atoms with Gasteiger partial charge in [0.2, 0.25) is 5.95 Å². The third-order valence-electron chi connectivity index (χ3n) is 3.36. The van der Waals surface area contributed by atoms with Gasteiger partial charge in [-0.1, -0.05) is 17.7 Å². The third-order valence-corrected chi connectivity index (χ3v) is 3.59. The fourth-order valence-corrected chi connectivity index (χ4v) is 2.17. The molecule has 0 bridgehead atoms. The van der Waals surface area contributed by atoms with Gasteiger partial charge < -0.3 is 16.0 Å². The van der Waals surface area contributed by atoms with Crippen molar-refractivity contribution in [3.8, 4) is 0 Å². The summed E-state index contributed by atoms with van der Waals surface area (Å²) >= 11 is 5.74. The van der Waals surface area contributed by atoms with Gasteiger partial charge in [0, 0.05) is 39.1 Å². The Bertz CT molecular complexity index is 757. The van der Waals surface area contributed by atoms with E-state index in [4.69, 9.17) is 11.6 Å². The first-order valence-electron chi connectivity index (χ1n) is 8.07. The molecule has 0 unspecified atom stereocenters. The van der Waals surface area contributed by atoms with Crippen molar-refractivity contribution in [2.24, 2.45) is 4.99 Å². The van der Waals surface area contributed by atoms with Gasteiger partial charge in [0.25, 0.3) is 0 Å². The van der Waals surface area contributed by atoms with Crippen LogP contribution in [-0.4, -0.2) is 47.6 Å². The van der Waals surface area contributed by atoms with Crippen molar-refractivity contribution < 1.29 is 13.2 Å². The van der Waals surface area contributed by atoms with E-state index in [0.717, 1.165) is 24.2 Å². The van der Waals surface area contributed by atoms with Crippen molar-refractivity contribution in [3.05, 3.63) is 47.0 Å². The van der Waals surface area contributed by atoms with Gasteiger partial charge in [-0.25, -0.2) is 15.0 Å². The molecule has 28 heavy (non-hydrogen) atoms. The van der Waals surface area contributed by atoms with Gasteiger partial charge in [-0.3, -0.25) is 4.99 Å². The first-order valence-corrected chi connectivity index (χ1v) is 8.45. The van der Waals surface area contributed by atoms with Crippen LogP contribution in [0.3, 0.4) is 0 Å². The van der Waals surface area contributed by atoms with Gasteiger partial charge in [-0.15, -0.1) is 24.0 Å². The molecule has 0 saturated heterocycles. The van der Waals surface area contributed by atoms with Gasteiger partial charge in [-0.2, -0.15) is 13.2 Å². The number of hydrogen-bond donors (Lipinski definition) is 3. The van der Waals surface area contributed by atoms with E-state index in [2.05, 4.69) is 35.9 Å². The van der Waals surface area contributed by atoms with E-state index in [1.807, 2.05) is 6.07 Å². The fourth-order valence-electron chi connectivity index (χ4n) is 2.06. The Labute approximate surface area is 182 Å². The van der Waals surface area contributed by atoms with Crippen LogP contribution >= 0.6 is 35.6 Å². The maximum Gasteiger partial charge on any atom is 0.433 e. The monoisotopic (exact) mass is 529 g/mol. The molecule has 0 aromatic carbocycles. The average Bonchev–Trinajstić information content (AvgIpc) is 2.65. The van der Waals surface area contributed by atoms with Crippen LogP contribution in [0.4, 0.5) is 19.1 Å². The molecule has 7 nitrogen and oxygen atoms in total. The highest BCUT2D eigenvalue weighted by molar-refractivity contribution is 14.0. The number of pyridine rings is 1. The summed E-state index contributed by atoms with van der Waals surface area (Å²) < 4.78 is 37.8. The normalized spacial score (nSPS) is 11.5. The summed E-state index contributed by atoms with van der Waals surface area (Å²) in [5.74, 6) is 0.494. The predicted octanol–water partition coefficient (Wildman–Crippen LogP) is 2.98. The minimum atomic E-state index is -4.50. The first kappa shape index (κ1) is 24.1. The van der Waals surface area contributed by atoms with Crippen LogP contribution in [0.25, 0.3) is 0 Å². The molecule has 0 atom stereocenters. The lowest BCUT2D eigenvalue weighted by Gasteiger charge is -2.12. The molecule has 0 aliphatic heterocycles. The number of nitrogens with one attached hydrogen (secondary N) is 3. The number of nitrogens with zero attached hydrogens (tertiary/aromatic N) is 4. The molecule has 0 aliphatic carbocycles. The number of aromatic nitrogens is 3. The lowest BCUT2D eigenvalue weighted by Crippen LogP contribution is -2.40. The third kappa shape index (κ3) is 8.42. The summed E-state index contributed by atoms with van der Waals surface area (Å²) in [6.45, 7) is 1.37. The van der Waals surface area contributed by atoms with E-state index in [1.54, 1.807) is 19.3 Å². The van der Waals surface area contributed by atoms with Crippen molar-refractivity contribution in [2.45, 2.75) is 12.6 Å². The molecule has 0 saturated carbocycles. The molecule has 3 N–H and O–H groups in total. The Morgan fingerprint density at radius 3 is 2.50 bits per heavy atom. The van der Waals surface area contributed by atoms with Gasteiger partial charge in [-0.05, 0) is 24.1 Å². The second-order valence-electron chi connectivity index (χ2n) is 5.35. The van der Waals surface area contributed by atoms with E-state index in [0.29, 0.717) is 30.7 Å². The minimum Gasteiger partial charge on any atom is -0.356 e. The molecule has 12 heteroatoms. The summed E-state index contributed by atoms with van der Waals surface area (Å²) in [5.41, 5.74) is 0.0489. The van der Waals surface area contributed by atoms with Gasteiger partial charge in [0.1, 0.15) is 10.8 Å². The van der Waals surface area contributed by atoms with Crippen molar-refractivity contribution in [1.82, 2.24) is 25.6 Å². The lowest BCUT2D eigenvalue weighted by molar-refractivity contribution is -0.141. The van der Waals surface area contributed by atoms with Crippen LogP contribution in [0.1, 0.15) is 11.3 Å². The smallest absolute Gasteiger partial charge is 0.356 e. The number of aliphatic imine (C=N–C) groups is 1. The van der Waals surface area contributed by atoms with Crippen LogP contribution in [0.5, 0.6) is 0 Å². The van der Waals surface area contributed by atoms with Crippen LogP contribution < -0.4 is 16.0 Å². The zero-order valence-corrected chi connectivity index (χ0v) is 18.0. The minimum absolute atomic E-state index is 0. The largest absolute Gasteiger partial charge is 0.433 e. The zero-order chi connectivity index (χ0) is 19.7. The summed E-state index contributed by atoms with van der Waals surface area (Å²) in [6, 6.07) is 4.45. The molecule has 154 valence electrons. The molecule has 0 fully saturated rings. The Hall–Kier alpha value is -1.89. The number of rotatable bonds is 7. The summed E-state index contributed by atoms with van der Waals surface area (Å²) in [4.78, 5) is 15.3. The highest BCUT2D eigenvalue weighted by Crippen LogP contribution is 2.27.